The Kier molecular flexibility index (Phi) is 7.33. The van der Waals surface area contributed by atoms with Gasteiger partial charge in [-0.3, -0.25) is 4.57 Å². The minimum Gasteiger partial charge on any atom is -0.455 e. The van der Waals surface area contributed by atoms with Crippen LogP contribution in [0.3, 0.4) is 0 Å². The smallest absolute Gasteiger partial charge is 0.238 e. The van der Waals surface area contributed by atoms with E-state index in [-0.39, 0.29) is 0 Å². The third-order valence-corrected chi connectivity index (χ3v) is 13.2. The first-order chi connectivity index (χ1) is 31.7. The molecule has 14 rings (SSSR count). The number of nitrogens with zero attached hydrogens (tertiary/aromatic N) is 4. The predicted molar refractivity (Wildman–Crippen MR) is 265 cm³/mol. The van der Waals surface area contributed by atoms with Gasteiger partial charge in [0.25, 0.3) is 0 Å². The average Bonchev–Trinajstić information content (AvgIpc) is 3.93. The number of rotatable bonds is 4. The molecule has 3 aromatic heterocycles. The molecule has 0 N–H and O–H groups in total. The molecule has 296 valence electrons. The van der Waals surface area contributed by atoms with E-state index in [2.05, 4.69) is 199 Å². The Morgan fingerprint density at radius 3 is 1.77 bits per heavy atom. The fourth-order valence-corrected chi connectivity index (χ4v) is 10.3. The highest BCUT2D eigenvalue weighted by atomic mass is 16.3. The van der Waals surface area contributed by atoms with E-state index >= 15 is 0 Å². The van der Waals surface area contributed by atoms with Crippen molar-refractivity contribution in [1.82, 2.24) is 19.5 Å². The molecular weight excluding hydrogens is 781 g/mol. The van der Waals surface area contributed by atoms with Gasteiger partial charge in [-0.05, 0) is 84.5 Å². The molecule has 0 atom stereocenters. The van der Waals surface area contributed by atoms with Crippen LogP contribution in [0.2, 0.25) is 0 Å². The van der Waals surface area contributed by atoms with Crippen LogP contribution in [0.4, 0.5) is 0 Å². The van der Waals surface area contributed by atoms with Crippen LogP contribution in [0.15, 0.2) is 211 Å². The molecule has 0 bridgehead atoms. The van der Waals surface area contributed by atoms with Crippen molar-refractivity contribution in [2.45, 2.75) is 0 Å². The van der Waals surface area contributed by atoms with Gasteiger partial charge < -0.3 is 4.42 Å². The Labute approximate surface area is 366 Å². The molecule has 0 aliphatic carbocycles. The van der Waals surface area contributed by atoms with E-state index in [0.29, 0.717) is 17.6 Å². The first kappa shape index (κ1) is 35.0. The summed E-state index contributed by atoms with van der Waals surface area (Å²) < 4.78 is 8.97. The minimum atomic E-state index is 0.544. The maximum atomic E-state index is 6.70. The normalized spacial score (nSPS) is 12.1. The lowest BCUT2D eigenvalue weighted by molar-refractivity contribution is 0.672. The van der Waals surface area contributed by atoms with Gasteiger partial charge >= 0.3 is 0 Å². The molecule has 0 saturated carbocycles. The summed E-state index contributed by atoms with van der Waals surface area (Å²) in [6.07, 6.45) is 0. The Morgan fingerprint density at radius 1 is 0.344 bits per heavy atom. The number of aromatic nitrogens is 4. The van der Waals surface area contributed by atoms with E-state index in [4.69, 9.17) is 19.4 Å². The Balaban J connectivity index is 1.11. The summed E-state index contributed by atoms with van der Waals surface area (Å²) in [5.41, 5.74) is 7.75. The predicted octanol–water partition coefficient (Wildman–Crippen LogP) is 15.6. The second-order valence-corrected chi connectivity index (χ2v) is 16.7. The molecule has 5 heteroatoms. The molecule has 0 saturated heterocycles. The molecule has 0 spiro atoms. The zero-order chi connectivity index (χ0) is 41.9. The van der Waals surface area contributed by atoms with E-state index in [1.54, 1.807) is 0 Å². The topological polar surface area (TPSA) is 56.7 Å². The van der Waals surface area contributed by atoms with E-state index in [0.717, 1.165) is 82.2 Å². The van der Waals surface area contributed by atoms with Gasteiger partial charge in [0.2, 0.25) is 5.95 Å². The Hall–Kier alpha value is -8.67. The van der Waals surface area contributed by atoms with Crippen molar-refractivity contribution in [3.05, 3.63) is 206 Å². The van der Waals surface area contributed by atoms with Crippen LogP contribution in [0.5, 0.6) is 0 Å². The third kappa shape index (κ3) is 5.09. The van der Waals surface area contributed by atoms with Gasteiger partial charge in [-0.25, -0.2) is 4.98 Å². The zero-order valence-electron chi connectivity index (χ0n) is 34.3. The molecule has 14 aromatic rings. The number of hydrogen-bond acceptors (Lipinski definition) is 4. The van der Waals surface area contributed by atoms with Crippen molar-refractivity contribution in [1.29, 1.82) is 0 Å². The maximum Gasteiger partial charge on any atom is 0.238 e. The van der Waals surface area contributed by atoms with Crippen molar-refractivity contribution in [3.63, 3.8) is 0 Å². The monoisotopic (exact) mass is 814 g/mol. The summed E-state index contributed by atoms with van der Waals surface area (Å²) in [6.45, 7) is 0. The second kappa shape index (κ2) is 13.4. The molecular formula is C59H34N4O. The van der Waals surface area contributed by atoms with Crippen molar-refractivity contribution in [2.75, 3.05) is 0 Å². The summed E-state index contributed by atoms with van der Waals surface area (Å²) in [5.74, 6) is 1.69. The number of benzene rings is 11. The quantitative estimate of drug-likeness (QED) is 0.166. The first-order valence-corrected chi connectivity index (χ1v) is 21.7. The van der Waals surface area contributed by atoms with Crippen LogP contribution in [-0.2, 0) is 0 Å². The van der Waals surface area contributed by atoms with Gasteiger partial charge in [0.15, 0.2) is 11.6 Å². The van der Waals surface area contributed by atoms with Crippen LogP contribution in [0.25, 0.3) is 137 Å². The zero-order valence-corrected chi connectivity index (χ0v) is 34.3. The van der Waals surface area contributed by atoms with Gasteiger partial charge in [-0.2, -0.15) is 9.97 Å². The molecule has 0 fully saturated rings. The van der Waals surface area contributed by atoms with Crippen LogP contribution < -0.4 is 0 Å². The summed E-state index contributed by atoms with van der Waals surface area (Å²) in [4.78, 5) is 16.5. The van der Waals surface area contributed by atoms with Crippen molar-refractivity contribution < 1.29 is 4.42 Å². The van der Waals surface area contributed by atoms with Gasteiger partial charge in [0.1, 0.15) is 11.2 Å². The molecule has 3 heterocycles. The van der Waals surface area contributed by atoms with Crippen LogP contribution in [0, 0.1) is 0 Å². The molecule has 0 aliphatic heterocycles. The van der Waals surface area contributed by atoms with Crippen molar-refractivity contribution in [2.24, 2.45) is 0 Å². The SMILES string of the molecule is c1cc(-c2nc(-c3cc4ccccc4c4oc5ccccc5c34)nc(-n3c4ccc5ccccc5c4c4ccc5ccccc5c43)n2)cc(-c2cc3ccccc3c3ccccc23)c1. The lowest BCUT2D eigenvalue weighted by atomic mass is 9.92. The summed E-state index contributed by atoms with van der Waals surface area (Å²) in [5, 5.41) is 15.9. The lowest BCUT2D eigenvalue weighted by Crippen LogP contribution is -2.07. The molecule has 11 aromatic carbocycles. The third-order valence-electron chi connectivity index (χ3n) is 13.2. The molecule has 0 amide bonds. The molecule has 5 nitrogen and oxygen atoms in total. The maximum absolute atomic E-state index is 6.70. The largest absolute Gasteiger partial charge is 0.455 e. The van der Waals surface area contributed by atoms with Crippen molar-refractivity contribution in [3.8, 4) is 39.9 Å². The number of fused-ring (bicyclic) bond motifs is 15. The van der Waals surface area contributed by atoms with Crippen molar-refractivity contribution >= 4 is 97.6 Å². The van der Waals surface area contributed by atoms with Gasteiger partial charge in [-0.1, -0.05) is 176 Å². The van der Waals surface area contributed by atoms with Gasteiger partial charge in [0, 0.05) is 43.4 Å². The average molecular weight is 815 g/mol. The highest BCUT2D eigenvalue weighted by Crippen LogP contribution is 2.43. The molecule has 0 unspecified atom stereocenters. The lowest BCUT2D eigenvalue weighted by Gasteiger charge is -2.14. The highest BCUT2D eigenvalue weighted by Gasteiger charge is 2.24. The van der Waals surface area contributed by atoms with E-state index in [9.17, 15) is 0 Å². The van der Waals surface area contributed by atoms with E-state index < -0.39 is 0 Å². The number of furan rings is 1. The highest BCUT2D eigenvalue weighted by molar-refractivity contribution is 6.26. The van der Waals surface area contributed by atoms with Gasteiger partial charge in [-0.15, -0.1) is 0 Å². The number of hydrogen-bond donors (Lipinski definition) is 0. The number of para-hydroxylation sites is 1. The second-order valence-electron chi connectivity index (χ2n) is 16.7. The first-order valence-electron chi connectivity index (χ1n) is 21.7. The summed E-state index contributed by atoms with van der Waals surface area (Å²) in [6, 6.07) is 73.3. The van der Waals surface area contributed by atoms with Gasteiger partial charge in [0.05, 0.1) is 11.0 Å². The van der Waals surface area contributed by atoms with E-state index in [1.165, 1.54) is 37.7 Å². The molecule has 0 radical (unpaired) electrons. The minimum absolute atomic E-state index is 0.544. The fourth-order valence-electron chi connectivity index (χ4n) is 10.3. The van der Waals surface area contributed by atoms with E-state index in [1.807, 2.05) is 12.1 Å². The van der Waals surface area contributed by atoms with Crippen LogP contribution in [0.1, 0.15) is 0 Å². The van der Waals surface area contributed by atoms with Crippen LogP contribution >= 0.6 is 0 Å². The Morgan fingerprint density at radius 2 is 0.938 bits per heavy atom. The molecule has 0 aliphatic rings. The fraction of sp³-hybridized carbons (Fsp3) is 0. The summed E-state index contributed by atoms with van der Waals surface area (Å²) >= 11 is 0. The summed E-state index contributed by atoms with van der Waals surface area (Å²) in [7, 11) is 0. The standard InChI is InChI=1S/C59H34N4O/c1-6-21-42-35(14-1)29-31-51-53(42)48-30-28-36-15-2-7-22-43(36)55(48)63(51)59-61-57(40-19-13-18-37(32-40)49-33-38-16-3-5-20-41(38)45-24-9-10-25-46(45)49)60-58(62-59)50-34-39-17-4-8-23-44(39)56-54(50)47-26-11-12-27-52(47)64-56/h1-34H. The molecule has 64 heavy (non-hydrogen) atoms. The van der Waals surface area contributed by atoms with Crippen LogP contribution in [-0.4, -0.2) is 19.5 Å². The Bertz CT molecular complexity index is 4270.